The van der Waals surface area contributed by atoms with Crippen LogP contribution in [0.3, 0.4) is 0 Å². The number of carbonyl (C=O) groups excluding carboxylic acids is 1. The lowest BCUT2D eigenvalue weighted by molar-refractivity contribution is -0.134. The molecule has 0 fully saturated rings. The first-order chi connectivity index (χ1) is 8.60. The summed E-state index contributed by atoms with van der Waals surface area (Å²) in [6, 6.07) is 0. The van der Waals surface area contributed by atoms with Gasteiger partial charge in [-0.25, -0.2) is 4.79 Å². The van der Waals surface area contributed by atoms with E-state index in [0.29, 0.717) is 5.92 Å². The first-order valence-corrected chi connectivity index (χ1v) is 9.89. The molecule has 1 unspecified atom stereocenters. The Balaban J connectivity index is 3.96. The molecule has 0 spiro atoms. The van der Waals surface area contributed by atoms with Crippen molar-refractivity contribution in [3.05, 3.63) is 12.2 Å². The average Bonchev–Trinajstić information content (AvgIpc) is 2.26. The molecular weight excluding hydrogens is 256 g/mol. The Morgan fingerprint density at radius 1 is 1.32 bits per heavy atom. The Bertz CT molecular complexity index is 303. The summed E-state index contributed by atoms with van der Waals surface area (Å²) in [5, 5.41) is 0.265. The van der Waals surface area contributed by atoms with Crippen LogP contribution in [0.2, 0.25) is 18.1 Å². The van der Waals surface area contributed by atoms with Crippen LogP contribution in [0, 0.1) is 5.92 Å². The Morgan fingerprint density at radius 2 is 1.89 bits per heavy atom. The van der Waals surface area contributed by atoms with Gasteiger partial charge in [-0.05, 0) is 36.9 Å². The summed E-state index contributed by atoms with van der Waals surface area (Å²) in [6.45, 7) is 14.3. The van der Waals surface area contributed by atoms with Crippen molar-refractivity contribution in [2.45, 2.75) is 58.7 Å². The van der Waals surface area contributed by atoms with Crippen LogP contribution in [0.5, 0.6) is 0 Å². The number of rotatable bonds is 7. The van der Waals surface area contributed by atoms with E-state index in [4.69, 9.17) is 4.43 Å². The average molecular weight is 286 g/mol. The van der Waals surface area contributed by atoms with Crippen LogP contribution in [-0.4, -0.2) is 28.0 Å². The molecule has 4 heteroatoms. The lowest BCUT2D eigenvalue weighted by atomic mass is 10.0. The highest BCUT2D eigenvalue weighted by atomic mass is 28.4. The minimum absolute atomic E-state index is 0.265. The van der Waals surface area contributed by atoms with E-state index < -0.39 is 8.32 Å². The van der Waals surface area contributed by atoms with Crippen molar-refractivity contribution >= 4 is 14.3 Å². The fourth-order valence-electron chi connectivity index (χ4n) is 1.31. The van der Waals surface area contributed by atoms with Crippen molar-refractivity contribution in [1.82, 2.24) is 0 Å². The maximum absolute atomic E-state index is 10.9. The molecule has 1 atom stereocenters. The van der Waals surface area contributed by atoms with Gasteiger partial charge in [0.05, 0.1) is 7.11 Å². The van der Waals surface area contributed by atoms with Gasteiger partial charge in [0, 0.05) is 12.7 Å². The van der Waals surface area contributed by atoms with Crippen LogP contribution < -0.4 is 0 Å². The van der Waals surface area contributed by atoms with E-state index >= 15 is 0 Å². The fourth-order valence-corrected chi connectivity index (χ4v) is 2.38. The van der Waals surface area contributed by atoms with Crippen LogP contribution in [0.25, 0.3) is 0 Å². The molecule has 0 saturated heterocycles. The van der Waals surface area contributed by atoms with Gasteiger partial charge in [-0.15, -0.1) is 0 Å². The van der Waals surface area contributed by atoms with E-state index in [2.05, 4.69) is 45.5 Å². The van der Waals surface area contributed by atoms with E-state index in [1.807, 2.05) is 6.08 Å². The van der Waals surface area contributed by atoms with E-state index in [1.54, 1.807) is 0 Å². The topological polar surface area (TPSA) is 35.5 Å². The molecule has 112 valence electrons. The highest BCUT2D eigenvalue weighted by Crippen LogP contribution is 2.36. The standard InChI is InChI=1S/C15H30O3Si/c1-13(9-8-10-14(16)17-5)11-12-18-19(6,7)15(2,3)4/h8,10,13H,9,11-12H2,1-7H3/b10-8+. The van der Waals surface area contributed by atoms with Gasteiger partial charge in [0.2, 0.25) is 0 Å². The highest BCUT2D eigenvalue weighted by Gasteiger charge is 2.36. The summed E-state index contributed by atoms with van der Waals surface area (Å²) < 4.78 is 10.7. The molecule has 0 aliphatic rings. The second-order valence-electron chi connectivity index (χ2n) is 6.66. The zero-order valence-electron chi connectivity index (χ0n) is 13.6. The summed E-state index contributed by atoms with van der Waals surface area (Å²) in [6.07, 6.45) is 5.28. The number of hydrogen-bond donors (Lipinski definition) is 0. The Morgan fingerprint density at radius 3 is 2.37 bits per heavy atom. The number of carbonyl (C=O) groups is 1. The molecule has 0 aliphatic carbocycles. The van der Waals surface area contributed by atoms with E-state index in [9.17, 15) is 4.79 Å². The monoisotopic (exact) mass is 286 g/mol. The van der Waals surface area contributed by atoms with Crippen molar-refractivity contribution < 1.29 is 14.0 Å². The molecular formula is C15H30O3Si. The summed E-state index contributed by atoms with van der Waals surface area (Å²) in [4.78, 5) is 10.9. The third kappa shape index (κ3) is 7.53. The third-order valence-electron chi connectivity index (χ3n) is 3.87. The maximum Gasteiger partial charge on any atom is 0.330 e. The summed E-state index contributed by atoms with van der Waals surface area (Å²) in [5.74, 6) is 0.232. The molecule has 0 radical (unpaired) electrons. The smallest absolute Gasteiger partial charge is 0.330 e. The molecule has 0 N–H and O–H groups in total. The molecule has 0 aromatic rings. The van der Waals surface area contributed by atoms with Gasteiger partial charge in [0.25, 0.3) is 0 Å². The number of allylic oxidation sites excluding steroid dienone is 1. The Kier molecular flexibility index (Phi) is 7.60. The number of esters is 1. The molecule has 19 heavy (non-hydrogen) atoms. The Labute approximate surface area is 119 Å². The molecule has 0 heterocycles. The van der Waals surface area contributed by atoms with Gasteiger partial charge in [0.1, 0.15) is 0 Å². The van der Waals surface area contributed by atoms with Gasteiger partial charge in [-0.3, -0.25) is 0 Å². The number of methoxy groups -OCH3 is 1. The van der Waals surface area contributed by atoms with Crippen molar-refractivity contribution in [2.75, 3.05) is 13.7 Å². The van der Waals surface area contributed by atoms with Crippen molar-refractivity contribution in [2.24, 2.45) is 5.92 Å². The summed E-state index contributed by atoms with van der Waals surface area (Å²) in [5.41, 5.74) is 0. The molecule has 0 bridgehead atoms. The van der Waals surface area contributed by atoms with Crippen LogP contribution >= 0.6 is 0 Å². The van der Waals surface area contributed by atoms with Crippen LogP contribution in [0.15, 0.2) is 12.2 Å². The number of ether oxygens (including phenoxy) is 1. The van der Waals surface area contributed by atoms with Crippen LogP contribution in [-0.2, 0) is 14.0 Å². The van der Waals surface area contributed by atoms with Gasteiger partial charge in [0.15, 0.2) is 8.32 Å². The zero-order chi connectivity index (χ0) is 15.1. The minimum Gasteiger partial charge on any atom is -0.466 e. The molecule has 0 saturated carbocycles. The first kappa shape index (κ1) is 18.4. The predicted octanol–water partition coefficient (Wildman–Crippen LogP) is 4.15. The van der Waals surface area contributed by atoms with Gasteiger partial charge in [-0.2, -0.15) is 0 Å². The quantitative estimate of drug-likeness (QED) is 0.400. The summed E-state index contributed by atoms with van der Waals surface area (Å²) in [7, 11) is -0.227. The second kappa shape index (κ2) is 7.85. The molecule has 0 rings (SSSR count). The Hall–Kier alpha value is -0.613. The summed E-state index contributed by atoms with van der Waals surface area (Å²) >= 11 is 0. The third-order valence-corrected chi connectivity index (χ3v) is 8.41. The molecule has 0 aromatic carbocycles. The van der Waals surface area contributed by atoms with Gasteiger partial charge >= 0.3 is 5.97 Å². The van der Waals surface area contributed by atoms with Crippen LogP contribution in [0.1, 0.15) is 40.5 Å². The van der Waals surface area contributed by atoms with Crippen molar-refractivity contribution in [1.29, 1.82) is 0 Å². The second-order valence-corrected chi connectivity index (χ2v) is 11.5. The van der Waals surface area contributed by atoms with Gasteiger partial charge < -0.3 is 9.16 Å². The molecule has 0 aromatic heterocycles. The SMILES string of the molecule is COC(=O)/C=C/CC(C)CCO[Si](C)(C)C(C)(C)C. The van der Waals surface area contributed by atoms with E-state index in [1.165, 1.54) is 13.2 Å². The lowest BCUT2D eigenvalue weighted by Gasteiger charge is -2.36. The number of hydrogen-bond acceptors (Lipinski definition) is 3. The first-order valence-electron chi connectivity index (χ1n) is 6.98. The van der Waals surface area contributed by atoms with E-state index in [0.717, 1.165) is 19.4 Å². The fraction of sp³-hybridized carbons (Fsp3) is 0.800. The molecule has 3 nitrogen and oxygen atoms in total. The molecule has 0 aliphatic heterocycles. The van der Waals surface area contributed by atoms with E-state index in [-0.39, 0.29) is 11.0 Å². The van der Waals surface area contributed by atoms with Crippen molar-refractivity contribution in [3.63, 3.8) is 0 Å². The minimum atomic E-state index is -1.62. The van der Waals surface area contributed by atoms with Crippen LogP contribution in [0.4, 0.5) is 0 Å². The molecule has 0 amide bonds. The largest absolute Gasteiger partial charge is 0.466 e. The normalized spacial score (nSPS) is 14.7. The van der Waals surface area contributed by atoms with Crippen molar-refractivity contribution in [3.8, 4) is 0 Å². The van der Waals surface area contributed by atoms with Gasteiger partial charge in [-0.1, -0.05) is 33.8 Å². The lowest BCUT2D eigenvalue weighted by Crippen LogP contribution is -2.41. The highest BCUT2D eigenvalue weighted by molar-refractivity contribution is 6.74. The maximum atomic E-state index is 10.9. The predicted molar refractivity (Wildman–Crippen MR) is 82.7 cm³/mol. The zero-order valence-corrected chi connectivity index (χ0v) is 14.6.